The van der Waals surface area contributed by atoms with Gasteiger partial charge in [-0.15, -0.1) is 0 Å². The third-order valence-electron chi connectivity index (χ3n) is 8.56. The molecule has 2 fully saturated rings. The Kier molecular flexibility index (Phi) is 8.55. The molecule has 1 aliphatic carbocycles. The number of amides is 4. The summed E-state index contributed by atoms with van der Waals surface area (Å²) in [5, 5.41) is 16.6. The molecule has 0 radical (unpaired) electrons. The quantitative estimate of drug-likeness (QED) is 0.441. The molecule has 12 heteroatoms. The Bertz CT molecular complexity index is 1380. The van der Waals surface area contributed by atoms with E-state index in [0.717, 1.165) is 36.4 Å². The van der Waals surface area contributed by atoms with Gasteiger partial charge in [-0.3, -0.25) is 9.88 Å². The minimum Gasteiger partial charge on any atom is -0.466 e. The predicted octanol–water partition coefficient (Wildman–Crippen LogP) is 3.88. The van der Waals surface area contributed by atoms with Crippen LogP contribution in [0.5, 0.6) is 0 Å². The van der Waals surface area contributed by atoms with Crippen molar-refractivity contribution in [2.75, 3.05) is 20.2 Å². The maximum atomic E-state index is 14.3. The van der Waals surface area contributed by atoms with Crippen molar-refractivity contribution in [3.63, 3.8) is 0 Å². The molecular formula is C30H35F2N5O5. The largest absolute Gasteiger partial charge is 0.466 e. The van der Waals surface area contributed by atoms with Gasteiger partial charge in [-0.1, -0.05) is 19.1 Å². The molecule has 2 aromatic rings. The maximum absolute atomic E-state index is 14.3. The Morgan fingerprint density at radius 2 is 1.93 bits per heavy atom. The number of benzene rings is 1. The minimum absolute atomic E-state index is 0.0311. The number of allylic oxidation sites excluding steroid dienone is 1. The number of nitrogens with zero attached hydrogens (tertiary/aromatic N) is 3. The number of esters is 1. The summed E-state index contributed by atoms with van der Waals surface area (Å²) in [6, 6.07) is 5.60. The van der Waals surface area contributed by atoms with Crippen LogP contribution in [0, 0.1) is 11.6 Å². The molecule has 4 amide bonds. The minimum atomic E-state index is -1.32. The average Bonchev–Trinajstić information content (AvgIpc) is 3.46. The molecule has 0 bridgehead atoms. The molecule has 224 valence electrons. The normalized spacial score (nSPS) is 26.6. The number of rotatable bonds is 6. The number of nitrogens with one attached hydrogen (secondary N) is 2. The van der Waals surface area contributed by atoms with Crippen LogP contribution in [-0.2, 0) is 15.1 Å². The van der Waals surface area contributed by atoms with E-state index < -0.39 is 41.3 Å². The van der Waals surface area contributed by atoms with Crippen molar-refractivity contribution in [1.29, 1.82) is 0 Å². The molecule has 1 saturated carbocycles. The fraction of sp³-hybridized carbons (Fsp3) is 0.467. The standard InChI is InChI=1S/C30H35F2N5O5/c1-3-23-25(27(38)42-2)26(18-7-8-21(31)22(32)16-18)37(29(40)35-23)28(39)34-19-11-15-36(17-19)20-9-12-30(41,13-10-20)24-6-4-5-14-33-24/h4-8,14,16,19-20,26,41H,3,9-13,15,17H2,1-2H3,(H,34,39)(H,35,40)/t19?,20?,26-,30?/m0/s1. The van der Waals surface area contributed by atoms with Gasteiger partial charge in [0.25, 0.3) is 0 Å². The van der Waals surface area contributed by atoms with Crippen molar-refractivity contribution in [2.24, 2.45) is 0 Å². The lowest BCUT2D eigenvalue weighted by Crippen LogP contribution is -2.56. The number of urea groups is 2. The predicted molar refractivity (Wildman–Crippen MR) is 148 cm³/mol. The van der Waals surface area contributed by atoms with E-state index in [2.05, 4.69) is 20.5 Å². The van der Waals surface area contributed by atoms with Gasteiger partial charge in [0.1, 0.15) is 11.6 Å². The zero-order valence-electron chi connectivity index (χ0n) is 23.6. The summed E-state index contributed by atoms with van der Waals surface area (Å²) in [5.41, 5.74) is -0.0148. The highest BCUT2D eigenvalue weighted by molar-refractivity contribution is 6.01. The number of imide groups is 1. The van der Waals surface area contributed by atoms with Crippen LogP contribution in [0.25, 0.3) is 0 Å². The molecule has 1 aromatic carbocycles. The third kappa shape index (κ3) is 5.73. The van der Waals surface area contributed by atoms with Gasteiger partial charge < -0.3 is 20.5 Å². The Morgan fingerprint density at radius 3 is 2.57 bits per heavy atom. The Morgan fingerprint density at radius 1 is 1.17 bits per heavy atom. The van der Waals surface area contributed by atoms with E-state index in [1.807, 2.05) is 18.2 Å². The lowest BCUT2D eigenvalue weighted by atomic mass is 9.79. The molecule has 1 aromatic heterocycles. The van der Waals surface area contributed by atoms with Gasteiger partial charge >= 0.3 is 18.0 Å². The second-order valence-corrected chi connectivity index (χ2v) is 11.0. The molecule has 42 heavy (non-hydrogen) atoms. The van der Waals surface area contributed by atoms with Crippen molar-refractivity contribution in [3.8, 4) is 0 Å². The number of methoxy groups -OCH3 is 1. The van der Waals surface area contributed by atoms with E-state index in [4.69, 9.17) is 4.74 Å². The van der Waals surface area contributed by atoms with Gasteiger partial charge in [-0.05, 0) is 68.4 Å². The highest BCUT2D eigenvalue weighted by Gasteiger charge is 2.44. The third-order valence-corrected chi connectivity index (χ3v) is 8.56. The average molecular weight is 584 g/mol. The van der Waals surface area contributed by atoms with Crippen LogP contribution < -0.4 is 10.6 Å². The Hall–Kier alpha value is -3.90. The first-order valence-corrected chi connectivity index (χ1v) is 14.2. The Labute approximate surface area is 242 Å². The van der Waals surface area contributed by atoms with Gasteiger partial charge in [0, 0.05) is 37.1 Å². The molecule has 3 N–H and O–H groups in total. The number of carbonyl (C=O) groups excluding carboxylic acids is 3. The van der Waals surface area contributed by atoms with Crippen molar-refractivity contribution in [1.82, 2.24) is 25.4 Å². The summed E-state index contributed by atoms with van der Waals surface area (Å²) in [5.74, 6) is -3.06. The second kappa shape index (κ2) is 12.1. The first-order chi connectivity index (χ1) is 20.1. The summed E-state index contributed by atoms with van der Waals surface area (Å²) in [7, 11) is 1.17. The summed E-state index contributed by atoms with van der Waals surface area (Å²) < 4.78 is 33.0. The van der Waals surface area contributed by atoms with Crippen LogP contribution in [0.2, 0.25) is 0 Å². The molecule has 2 aliphatic heterocycles. The highest BCUT2D eigenvalue weighted by atomic mass is 19.2. The van der Waals surface area contributed by atoms with E-state index in [0.29, 0.717) is 31.5 Å². The number of carbonyl (C=O) groups is 3. The number of hydrogen-bond acceptors (Lipinski definition) is 7. The number of halogens is 2. The number of pyridine rings is 1. The Balaban J connectivity index is 1.30. The van der Waals surface area contributed by atoms with E-state index in [9.17, 15) is 28.3 Å². The number of aromatic nitrogens is 1. The van der Waals surface area contributed by atoms with E-state index >= 15 is 0 Å². The van der Waals surface area contributed by atoms with Crippen LogP contribution in [-0.4, -0.2) is 70.2 Å². The van der Waals surface area contributed by atoms with E-state index in [1.165, 1.54) is 13.2 Å². The fourth-order valence-corrected chi connectivity index (χ4v) is 6.32. The van der Waals surface area contributed by atoms with Crippen molar-refractivity contribution in [3.05, 3.63) is 76.8 Å². The smallest absolute Gasteiger partial charge is 0.338 e. The van der Waals surface area contributed by atoms with E-state index in [-0.39, 0.29) is 35.3 Å². The van der Waals surface area contributed by atoms with Crippen molar-refractivity contribution >= 4 is 18.0 Å². The molecule has 10 nitrogen and oxygen atoms in total. The zero-order chi connectivity index (χ0) is 30.0. The summed E-state index contributed by atoms with van der Waals surface area (Å²) >= 11 is 0. The van der Waals surface area contributed by atoms with Crippen LogP contribution >= 0.6 is 0 Å². The highest BCUT2D eigenvalue weighted by Crippen LogP contribution is 2.39. The number of likely N-dealkylation sites (tertiary alicyclic amines) is 1. The molecule has 1 unspecified atom stereocenters. The van der Waals surface area contributed by atoms with Crippen LogP contribution in [0.3, 0.4) is 0 Å². The fourth-order valence-electron chi connectivity index (χ4n) is 6.32. The first-order valence-electron chi connectivity index (χ1n) is 14.2. The van der Waals surface area contributed by atoms with Crippen molar-refractivity contribution < 1.29 is 33.0 Å². The SMILES string of the molecule is CCC1=C(C(=O)OC)[C@H](c2ccc(F)c(F)c2)N(C(=O)NC2CCN(C3CCC(O)(c4ccccn4)CC3)C2)C(=O)N1. The molecule has 3 aliphatic rings. The number of ether oxygens (including phenoxy) is 1. The topological polar surface area (TPSA) is 124 Å². The molecular weight excluding hydrogens is 548 g/mol. The summed E-state index contributed by atoms with van der Waals surface area (Å²) in [6.45, 7) is 2.99. The molecule has 1 saturated heterocycles. The zero-order valence-corrected chi connectivity index (χ0v) is 23.6. The molecule has 0 spiro atoms. The molecule has 2 atom stereocenters. The van der Waals surface area contributed by atoms with E-state index in [1.54, 1.807) is 13.1 Å². The van der Waals surface area contributed by atoms with Gasteiger partial charge in [0.15, 0.2) is 11.6 Å². The number of aliphatic hydroxyl groups is 1. The maximum Gasteiger partial charge on any atom is 0.338 e. The lowest BCUT2D eigenvalue weighted by molar-refractivity contribution is -0.136. The van der Waals surface area contributed by atoms with Gasteiger partial charge in [0.2, 0.25) is 0 Å². The first kappa shape index (κ1) is 29.6. The molecule has 5 rings (SSSR count). The van der Waals surface area contributed by atoms with Gasteiger partial charge in [-0.25, -0.2) is 28.1 Å². The van der Waals surface area contributed by atoms with Gasteiger partial charge in [-0.2, -0.15) is 0 Å². The lowest BCUT2D eigenvalue weighted by Gasteiger charge is -2.39. The van der Waals surface area contributed by atoms with Gasteiger partial charge in [0.05, 0.1) is 18.4 Å². The van der Waals surface area contributed by atoms with Crippen LogP contribution in [0.1, 0.15) is 62.7 Å². The molecule has 3 heterocycles. The number of hydrogen-bond donors (Lipinski definition) is 3. The summed E-state index contributed by atoms with van der Waals surface area (Å²) in [4.78, 5) is 47.2. The second-order valence-electron chi connectivity index (χ2n) is 11.0. The monoisotopic (exact) mass is 583 g/mol. The van der Waals surface area contributed by atoms with Crippen LogP contribution in [0.15, 0.2) is 53.9 Å². The van der Waals surface area contributed by atoms with Crippen molar-refractivity contribution in [2.45, 2.75) is 69.2 Å². The van der Waals surface area contributed by atoms with Crippen LogP contribution in [0.4, 0.5) is 18.4 Å². The summed E-state index contributed by atoms with van der Waals surface area (Å²) in [6.07, 6.45) is 5.25.